The second-order valence-electron chi connectivity index (χ2n) is 7.96. The quantitative estimate of drug-likeness (QED) is 0.496. The number of hydrogen-bond acceptors (Lipinski definition) is 5. The molecule has 0 aromatic heterocycles. The minimum Gasteiger partial charge on any atom is -0.444 e. The van der Waals surface area contributed by atoms with Gasteiger partial charge in [0.25, 0.3) is 11.4 Å². The molecular weight excluding hydrogens is 348 g/mol. The van der Waals surface area contributed by atoms with E-state index in [9.17, 15) is 14.9 Å². The van der Waals surface area contributed by atoms with E-state index in [1.807, 2.05) is 33.1 Å². The van der Waals surface area contributed by atoms with Crippen LogP contribution in [0.1, 0.15) is 52.0 Å². The first-order chi connectivity index (χ1) is 12.7. The third-order valence-corrected chi connectivity index (χ3v) is 4.66. The molecule has 0 radical (unpaired) electrons. The molecule has 0 unspecified atom stereocenters. The van der Waals surface area contributed by atoms with Gasteiger partial charge in [0, 0.05) is 24.1 Å². The molecule has 8 nitrogen and oxygen atoms in total. The third-order valence-electron chi connectivity index (χ3n) is 4.66. The van der Waals surface area contributed by atoms with Crippen LogP contribution in [0.25, 0.3) is 0 Å². The molecule has 1 aromatic rings. The number of fused-ring (bicyclic) bond motifs is 1. The number of benzene rings is 1. The fraction of sp³-hybridized carbons (Fsp3) is 0.526. The molecule has 3 rings (SSSR count). The van der Waals surface area contributed by atoms with E-state index in [4.69, 9.17) is 4.74 Å². The number of carbonyl (C=O) groups is 1. The van der Waals surface area contributed by atoms with E-state index >= 15 is 0 Å². The summed E-state index contributed by atoms with van der Waals surface area (Å²) in [5.41, 5.74) is 0.841. The zero-order valence-corrected chi connectivity index (χ0v) is 15.8. The molecule has 1 amide bonds. The Morgan fingerprint density at radius 2 is 2.04 bits per heavy atom. The summed E-state index contributed by atoms with van der Waals surface area (Å²) in [6, 6.07) is 5.11. The van der Waals surface area contributed by atoms with Crippen molar-refractivity contribution >= 4 is 29.9 Å². The van der Waals surface area contributed by atoms with Crippen LogP contribution < -0.4 is 5.32 Å². The maximum atomic E-state index is 11.9. The maximum Gasteiger partial charge on any atom is 0.407 e. The highest BCUT2D eigenvalue weighted by molar-refractivity contribution is 5.92. The van der Waals surface area contributed by atoms with Gasteiger partial charge in [0.05, 0.1) is 4.92 Å². The number of carbonyl (C=O) groups excluding carboxylic acids is 1. The molecular formula is C19H25N4O4+. The third kappa shape index (κ3) is 4.69. The smallest absolute Gasteiger partial charge is 0.407 e. The standard InChI is InChI=1S/C19H24N4O4/c1-19(2,3)27-18(24)21-14-9-7-13(8-10-14)12-22-16-5-4-6-17(23(25)26)15(16)11-20-22/h4-6,11-14H,7-10H2,1-3H3/p+1/b22-12-. The Bertz CT molecular complexity index is 802. The van der Waals surface area contributed by atoms with Gasteiger partial charge in [-0.3, -0.25) is 10.1 Å². The summed E-state index contributed by atoms with van der Waals surface area (Å²) in [7, 11) is 0. The highest BCUT2D eigenvalue weighted by Crippen LogP contribution is 2.31. The number of nitro groups is 1. The molecule has 144 valence electrons. The van der Waals surface area contributed by atoms with Crippen molar-refractivity contribution in [3.8, 4) is 0 Å². The first-order valence-corrected chi connectivity index (χ1v) is 9.18. The second kappa shape index (κ2) is 7.46. The molecule has 1 aromatic carbocycles. The van der Waals surface area contributed by atoms with Crippen molar-refractivity contribution in [3.05, 3.63) is 33.9 Å². The average Bonchev–Trinajstić information content (AvgIpc) is 2.98. The van der Waals surface area contributed by atoms with Crippen molar-refractivity contribution in [2.24, 2.45) is 11.0 Å². The van der Waals surface area contributed by atoms with E-state index in [2.05, 4.69) is 10.4 Å². The number of nitrogens with one attached hydrogen (secondary N) is 1. The first-order valence-electron chi connectivity index (χ1n) is 9.18. The van der Waals surface area contributed by atoms with Crippen LogP contribution in [-0.2, 0) is 4.74 Å². The molecule has 27 heavy (non-hydrogen) atoms. The fourth-order valence-electron chi connectivity index (χ4n) is 3.42. The SMILES string of the molecule is CC(C)(C)OC(=O)NC1CCC(/C=[N+]2\N=Cc3c([N+](=O)[O-])cccc32)CC1. The van der Waals surface area contributed by atoms with Gasteiger partial charge in [0.2, 0.25) is 0 Å². The summed E-state index contributed by atoms with van der Waals surface area (Å²) in [4.78, 5) is 22.6. The molecule has 8 heteroatoms. The van der Waals surface area contributed by atoms with Gasteiger partial charge in [0.1, 0.15) is 11.8 Å². The van der Waals surface area contributed by atoms with Crippen LogP contribution in [0.2, 0.25) is 0 Å². The Morgan fingerprint density at radius 3 is 2.67 bits per heavy atom. The topological polar surface area (TPSA) is 96.8 Å². The number of rotatable bonds is 3. The predicted molar refractivity (Wildman–Crippen MR) is 102 cm³/mol. The van der Waals surface area contributed by atoms with Gasteiger partial charge in [-0.05, 0) is 57.6 Å². The van der Waals surface area contributed by atoms with E-state index < -0.39 is 5.60 Å². The number of amides is 1. The van der Waals surface area contributed by atoms with Gasteiger partial charge in [-0.15, -0.1) is 0 Å². The van der Waals surface area contributed by atoms with E-state index in [0.29, 0.717) is 11.5 Å². The number of nitrogens with zero attached hydrogens (tertiary/aromatic N) is 3. The van der Waals surface area contributed by atoms with Gasteiger partial charge >= 0.3 is 6.09 Å². The lowest BCUT2D eigenvalue weighted by atomic mass is 9.87. The zero-order valence-electron chi connectivity index (χ0n) is 15.8. The van der Waals surface area contributed by atoms with E-state index in [-0.39, 0.29) is 22.7 Å². The molecule has 0 spiro atoms. The van der Waals surface area contributed by atoms with Gasteiger partial charge in [0.15, 0.2) is 11.8 Å². The highest BCUT2D eigenvalue weighted by atomic mass is 16.6. The lowest BCUT2D eigenvalue weighted by Gasteiger charge is -2.27. The molecule has 1 aliphatic heterocycles. The fourth-order valence-corrected chi connectivity index (χ4v) is 3.42. The Kier molecular flexibility index (Phi) is 5.25. The number of ether oxygens (including phenoxy) is 1. The largest absolute Gasteiger partial charge is 0.444 e. The minimum atomic E-state index is -0.501. The van der Waals surface area contributed by atoms with Crippen molar-refractivity contribution in [1.82, 2.24) is 5.32 Å². The molecule has 1 heterocycles. The lowest BCUT2D eigenvalue weighted by Crippen LogP contribution is -2.41. The van der Waals surface area contributed by atoms with Crippen molar-refractivity contribution in [2.75, 3.05) is 0 Å². The van der Waals surface area contributed by atoms with Gasteiger partial charge < -0.3 is 10.1 Å². The van der Waals surface area contributed by atoms with E-state index in [0.717, 1.165) is 31.4 Å². The van der Waals surface area contributed by atoms with Crippen LogP contribution in [0.5, 0.6) is 0 Å². The zero-order chi connectivity index (χ0) is 19.6. The summed E-state index contributed by atoms with van der Waals surface area (Å²) in [6.07, 6.45) is 6.74. The molecule has 0 atom stereocenters. The van der Waals surface area contributed by atoms with Crippen molar-refractivity contribution in [1.29, 1.82) is 0 Å². The van der Waals surface area contributed by atoms with Crippen molar-refractivity contribution in [3.63, 3.8) is 0 Å². The van der Waals surface area contributed by atoms with Crippen LogP contribution in [-0.4, -0.2) is 39.8 Å². The van der Waals surface area contributed by atoms with E-state index in [1.165, 1.54) is 6.07 Å². The summed E-state index contributed by atoms with van der Waals surface area (Å²) in [6.45, 7) is 5.53. The molecule has 2 aliphatic rings. The summed E-state index contributed by atoms with van der Waals surface area (Å²) >= 11 is 0. The van der Waals surface area contributed by atoms with Crippen molar-refractivity contribution in [2.45, 2.75) is 58.1 Å². The summed E-state index contributed by atoms with van der Waals surface area (Å²) in [5.74, 6) is 0.309. The van der Waals surface area contributed by atoms with Crippen LogP contribution in [0.15, 0.2) is 23.3 Å². The van der Waals surface area contributed by atoms with Crippen LogP contribution >= 0.6 is 0 Å². The summed E-state index contributed by atoms with van der Waals surface area (Å²) < 4.78 is 7.03. The van der Waals surface area contributed by atoms with Crippen LogP contribution in [0.4, 0.5) is 16.2 Å². The molecule has 1 aliphatic carbocycles. The molecule has 0 saturated heterocycles. The lowest BCUT2D eigenvalue weighted by molar-refractivity contribution is -0.439. The number of nitro benzene ring substituents is 1. The van der Waals surface area contributed by atoms with Gasteiger partial charge in [-0.25, -0.2) is 4.79 Å². The normalized spacial score (nSPS) is 23.1. The molecule has 1 saturated carbocycles. The van der Waals surface area contributed by atoms with Gasteiger partial charge in [-0.1, -0.05) is 4.68 Å². The molecule has 1 fully saturated rings. The number of hydrogen-bond donors (Lipinski definition) is 1. The maximum absolute atomic E-state index is 11.9. The van der Waals surface area contributed by atoms with Crippen LogP contribution in [0, 0.1) is 16.0 Å². The number of alkyl carbamates (subject to hydrolysis) is 1. The Balaban J connectivity index is 1.60. The monoisotopic (exact) mass is 373 g/mol. The first kappa shape index (κ1) is 19.0. The Labute approximate surface area is 158 Å². The summed E-state index contributed by atoms with van der Waals surface area (Å²) in [5, 5.41) is 18.4. The highest BCUT2D eigenvalue weighted by Gasteiger charge is 2.31. The Morgan fingerprint density at radius 1 is 1.33 bits per heavy atom. The molecule has 0 bridgehead atoms. The average molecular weight is 373 g/mol. The minimum absolute atomic E-state index is 0.0671. The predicted octanol–water partition coefficient (Wildman–Crippen LogP) is 3.74. The van der Waals surface area contributed by atoms with Gasteiger partial charge in [-0.2, -0.15) is 0 Å². The van der Waals surface area contributed by atoms with Crippen molar-refractivity contribution < 1.29 is 19.1 Å². The Hall–Kier alpha value is -2.77. The van der Waals surface area contributed by atoms with Crippen LogP contribution in [0.3, 0.4) is 0 Å². The second-order valence-corrected chi connectivity index (χ2v) is 7.96. The number of hydrazone groups is 1. The van der Waals surface area contributed by atoms with E-state index in [1.54, 1.807) is 17.0 Å². The molecule has 1 N–H and O–H groups in total.